The van der Waals surface area contributed by atoms with Gasteiger partial charge in [0.25, 0.3) is 0 Å². The predicted octanol–water partition coefficient (Wildman–Crippen LogP) is 3.58. The fourth-order valence-corrected chi connectivity index (χ4v) is 2.39. The van der Waals surface area contributed by atoms with Crippen LogP contribution in [0.15, 0.2) is 42.5 Å². The Morgan fingerprint density at radius 2 is 1.72 bits per heavy atom. The summed E-state index contributed by atoms with van der Waals surface area (Å²) >= 11 is 6.02. The van der Waals surface area contributed by atoms with Crippen LogP contribution in [0.5, 0.6) is 5.75 Å². The van der Waals surface area contributed by atoms with Crippen molar-refractivity contribution in [1.29, 1.82) is 0 Å². The van der Waals surface area contributed by atoms with Crippen LogP contribution in [0.25, 0.3) is 0 Å². The summed E-state index contributed by atoms with van der Waals surface area (Å²) in [5, 5.41) is 6.32. The average Bonchev–Trinajstić information content (AvgIpc) is 2.62. The van der Waals surface area contributed by atoms with Crippen molar-refractivity contribution in [3.63, 3.8) is 0 Å². The van der Waals surface area contributed by atoms with Crippen molar-refractivity contribution in [2.24, 2.45) is 0 Å². The summed E-state index contributed by atoms with van der Waals surface area (Å²) in [6.45, 7) is 0.452. The maximum Gasteiger partial charge on any atom is 0.337 e. The van der Waals surface area contributed by atoms with E-state index in [4.69, 9.17) is 16.3 Å². The minimum absolute atomic E-state index is 0.139. The number of nitrogens with one attached hydrogen (secondary N) is 2. The quantitative estimate of drug-likeness (QED) is 0.736. The molecule has 6 nitrogen and oxygen atoms in total. The van der Waals surface area contributed by atoms with E-state index in [1.807, 2.05) is 0 Å². The van der Waals surface area contributed by atoms with E-state index in [9.17, 15) is 9.59 Å². The van der Waals surface area contributed by atoms with Crippen molar-refractivity contribution in [1.82, 2.24) is 0 Å². The van der Waals surface area contributed by atoms with Gasteiger partial charge in [-0.15, -0.1) is 0 Å². The van der Waals surface area contributed by atoms with Crippen LogP contribution in [0.2, 0.25) is 5.02 Å². The first-order chi connectivity index (χ1) is 12.0. The number of esters is 1. The highest BCUT2D eigenvalue weighted by Crippen LogP contribution is 2.27. The molecule has 0 aliphatic rings. The summed E-state index contributed by atoms with van der Waals surface area (Å²) in [4.78, 5) is 23.3. The molecule has 2 aromatic carbocycles. The van der Waals surface area contributed by atoms with Crippen molar-refractivity contribution in [3.8, 4) is 5.75 Å². The Hall–Kier alpha value is -2.73. The second-order valence-corrected chi connectivity index (χ2v) is 5.55. The lowest BCUT2D eigenvalue weighted by Crippen LogP contribution is -2.16. The lowest BCUT2D eigenvalue weighted by Gasteiger charge is -2.09. The van der Waals surface area contributed by atoms with Gasteiger partial charge >= 0.3 is 5.97 Å². The number of rotatable bonds is 7. The van der Waals surface area contributed by atoms with Crippen molar-refractivity contribution in [2.45, 2.75) is 6.42 Å². The van der Waals surface area contributed by atoms with E-state index < -0.39 is 0 Å². The van der Waals surface area contributed by atoms with Gasteiger partial charge in [-0.1, -0.05) is 11.6 Å². The fourth-order valence-electron chi connectivity index (χ4n) is 2.13. The molecule has 7 heteroatoms. The van der Waals surface area contributed by atoms with E-state index in [2.05, 4.69) is 15.4 Å². The Kier molecular flexibility index (Phi) is 6.65. The number of hydrogen-bond acceptors (Lipinski definition) is 5. The van der Waals surface area contributed by atoms with E-state index in [0.29, 0.717) is 28.6 Å². The molecule has 0 aliphatic heterocycles. The Labute approximate surface area is 151 Å². The average molecular weight is 363 g/mol. The molecule has 2 aromatic rings. The third-order valence-corrected chi connectivity index (χ3v) is 3.72. The molecule has 0 spiro atoms. The minimum atomic E-state index is -0.385. The molecule has 0 atom stereocenters. The molecule has 132 valence electrons. The van der Waals surface area contributed by atoms with E-state index in [1.54, 1.807) is 42.5 Å². The molecule has 0 saturated carbocycles. The Morgan fingerprint density at radius 3 is 2.32 bits per heavy atom. The van der Waals surface area contributed by atoms with Gasteiger partial charge in [0.05, 0.1) is 24.8 Å². The maximum atomic E-state index is 12.0. The number of benzene rings is 2. The summed E-state index contributed by atoms with van der Waals surface area (Å²) in [5.41, 5.74) is 1.90. The largest absolute Gasteiger partial charge is 0.495 e. The normalized spacial score (nSPS) is 10.0. The van der Waals surface area contributed by atoms with Crippen LogP contribution < -0.4 is 15.4 Å². The molecule has 2 rings (SSSR count). The minimum Gasteiger partial charge on any atom is -0.495 e. The van der Waals surface area contributed by atoms with Crippen molar-refractivity contribution in [3.05, 3.63) is 53.1 Å². The van der Waals surface area contributed by atoms with E-state index in [0.717, 1.165) is 5.69 Å². The number of carbonyl (C=O) groups excluding carboxylic acids is 2. The monoisotopic (exact) mass is 362 g/mol. The summed E-state index contributed by atoms with van der Waals surface area (Å²) in [7, 11) is 2.87. The number of hydrogen-bond donors (Lipinski definition) is 2. The molecule has 1 amide bonds. The molecule has 0 radical (unpaired) electrons. The van der Waals surface area contributed by atoms with Crippen LogP contribution >= 0.6 is 11.6 Å². The fraction of sp³-hybridized carbons (Fsp3) is 0.222. The van der Waals surface area contributed by atoms with Gasteiger partial charge in [-0.2, -0.15) is 0 Å². The number of anilines is 2. The van der Waals surface area contributed by atoms with Gasteiger partial charge in [0.2, 0.25) is 5.91 Å². The highest BCUT2D eigenvalue weighted by atomic mass is 35.5. The predicted molar refractivity (Wildman–Crippen MR) is 97.5 cm³/mol. The van der Waals surface area contributed by atoms with Gasteiger partial charge in [0, 0.05) is 24.3 Å². The van der Waals surface area contributed by atoms with Crippen molar-refractivity contribution < 1.29 is 19.1 Å². The molecular formula is C18H19ClN2O4. The smallest absolute Gasteiger partial charge is 0.337 e. The lowest BCUT2D eigenvalue weighted by molar-refractivity contribution is -0.115. The summed E-state index contributed by atoms with van der Waals surface area (Å²) in [5.74, 6) is 0.0285. The van der Waals surface area contributed by atoms with Crippen LogP contribution in [0.3, 0.4) is 0 Å². The highest BCUT2D eigenvalue weighted by Gasteiger charge is 2.07. The molecule has 0 unspecified atom stereocenters. The van der Waals surface area contributed by atoms with Crippen LogP contribution in [-0.2, 0) is 9.53 Å². The van der Waals surface area contributed by atoms with Gasteiger partial charge < -0.3 is 20.1 Å². The molecule has 25 heavy (non-hydrogen) atoms. The SMILES string of the molecule is COC(=O)c1ccc(NCCC(=O)Nc2ccc(OC)c(Cl)c2)cc1. The first-order valence-corrected chi connectivity index (χ1v) is 7.97. The summed E-state index contributed by atoms with van der Waals surface area (Å²) in [6.07, 6.45) is 0.280. The topological polar surface area (TPSA) is 76.7 Å². The first kappa shape index (κ1) is 18.6. The molecule has 0 bridgehead atoms. The first-order valence-electron chi connectivity index (χ1n) is 7.59. The summed E-state index contributed by atoms with van der Waals surface area (Å²) in [6, 6.07) is 11.9. The van der Waals surface area contributed by atoms with Crippen LogP contribution in [0, 0.1) is 0 Å². The van der Waals surface area contributed by atoms with E-state index >= 15 is 0 Å². The number of ether oxygens (including phenoxy) is 2. The standard InChI is InChI=1S/C18H19ClN2O4/c1-24-16-8-7-14(11-15(16)19)21-17(22)9-10-20-13-5-3-12(4-6-13)18(23)25-2/h3-8,11,20H,9-10H2,1-2H3,(H,21,22). The highest BCUT2D eigenvalue weighted by molar-refractivity contribution is 6.32. The van der Waals surface area contributed by atoms with Crippen LogP contribution in [0.1, 0.15) is 16.8 Å². The van der Waals surface area contributed by atoms with Gasteiger partial charge in [-0.3, -0.25) is 4.79 Å². The number of methoxy groups -OCH3 is 2. The zero-order valence-corrected chi connectivity index (χ0v) is 14.7. The molecule has 0 heterocycles. The molecule has 0 saturated heterocycles. The molecule has 0 fully saturated rings. The molecule has 0 aromatic heterocycles. The second-order valence-electron chi connectivity index (χ2n) is 5.14. The third-order valence-electron chi connectivity index (χ3n) is 3.42. The zero-order chi connectivity index (χ0) is 18.2. The van der Waals surface area contributed by atoms with Gasteiger partial charge in [-0.25, -0.2) is 4.79 Å². The second kappa shape index (κ2) is 8.94. The summed E-state index contributed by atoms with van der Waals surface area (Å²) < 4.78 is 9.70. The van der Waals surface area contributed by atoms with Crippen LogP contribution in [-0.4, -0.2) is 32.6 Å². The van der Waals surface area contributed by atoms with E-state index in [1.165, 1.54) is 14.2 Å². The molecular weight excluding hydrogens is 344 g/mol. The lowest BCUT2D eigenvalue weighted by atomic mass is 10.2. The number of amides is 1. The van der Waals surface area contributed by atoms with Crippen molar-refractivity contribution >= 4 is 34.9 Å². The number of carbonyl (C=O) groups is 2. The number of halogens is 1. The third kappa shape index (κ3) is 5.39. The molecule has 0 aliphatic carbocycles. The Morgan fingerprint density at radius 1 is 1.04 bits per heavy atom. The van der Waals surface area contributed by atoms with E-state index in [-0.39, 0.29) is 18.3 Å². The van der Waals surface area contributed by atoms with Gasteiger partial charge in [0.15, 0.2) is 0 Å². The Balaban J connectivity index is 1.80. The van der Waals surface area contributed by atoms with Gasteiger partial charge in [0.1, 0.15) is 5.75 Å². The van der Waals surface area contributed by atoms with Crippen LogP contribution in [0.4, 0.5) is 11.4 Å². The van der Waals surface area contributed by atoms with Gasteiger partial charge in [-0.05, 0) is 42.5 Å². The Bertz CT molecular complexity index is 747. The van der Waals surface area contributed by atoms with Crippen molar-refractivity contribution in [2.75, 3.05) is 31.4 Å². The molecule has 2 N–H and O–H groups in total. The zero-order valence-electron chi connectivity index (χ0n) is 14.0. The maximum absolute atomic E-state index is 12.0.